The molecule has 0 amide bonds. The molecule has 0 unspecified atom stereocenters. The molecule has 1 aromatic heterocycles. The molecule has 1 heterocycles. The van der Waals surface area contributed by atoms with Crippen molar-refractivity contribution in [3.05, 3.63) is 22.8 Å². The zero-order valence-electron chi connectivity index (χ0n) is 5.32. The van der Waals surface area contributed by atoms with E-state index in [1.807, 2.05) is 0 Å². The first-order chi connectivity index (χ1) is 5.24. The van der Waals surface area contributed by atoms with Crippen molar-refractivity contribution in [2.24, 2.45) is 0 Å². The molecule has 4 nitrogen and oxygen atoms in total. The smallest absolute Gasteiger partial charge is 0.357 e. The zero-order valence-corrected chi connectivity index (χ0v) is 6.91. The minimum absolute atomic E-state index is 0.0920. The van der Waals surface area contributed by atoms with E-state index < -0.39 is 5.97 Å². The van der Waals surface area contributed by atoms with Crippen LogP contribution in [0.15, 0.2) is 15.7 Å². The predicted molar refractivity (Wildman–Crippen MR) is 41.4 cm³/mol. The van der Waals surface area contributed by atoms with Crippen molar-refractivity contribution >= 4 is 28.0 Å². The van der Waals surface area contributed by atoms with Gasteiger partial charge >= 0.3 is 5.97 Å². The van der Waals surface area contributed by atoms with Gasteiger partial charge in [0.05, 0.1) is 0 Å². The molecule has 0 bridgehead atoms. The summed E-state index contributed by atoms with van der Waals surface area (Å²) in [6.07, 6.45) is 2.59. The van der Waals surface area contributed by atoms with Crippen LogP contribution in [0.1, 0.15) is 16.4 Å². The second-order valence-corrected chi connectivity index (χ2v) is 2.20. The lowest BCUT2D eigenvalue weighted by atomic mass is 10.5. The van der Waals surface area contributed by atoms with E-state index in [0.29, 0.717) is 0 Å². The van der Waals surface area contributed by atoms with Crippen molar-refractivity contribution < 1.29 is 14.3 Å². The van der Waals surface area contributed by atoms with E-state index in [-0.39, 0.29) is 11.6 Å². The number of rotatable bonds is 2. The Morgan fingerprint density at radius 2 is 2.55 bits per heavy atom. The highest BCUT2D eigenvalue weighted by Gasteiger charge is 2.07. The van der Waals surface area contributed by atoms with Gasteiger partial charge in [-0.15, -0.1) is 0 Å². The SMILES string of the molecule is O=C(O)c1coc(/C=C\Br)n1. The molecule has 0 aliphatic carbocycles. The molecular weight excluding hydrogens is 214 g/mol. The van der Waals surface area contributed by atoms with Crippen LogP contribution in [0.25, 0.3) is 6.08 Å². The van der Waals surface area contributed by atoms with Gasteiger partial charge in [0.2, 0.25) is 5.89 Å². The summed E-state index contributed by atoms with van der Waals surface area (Å²) in [6.45, 7) is 0. The second kappa shape index (κ2) is 3.34. The van der Waals surface area contributed by atoms with Crippen LogP contribution in [0, 0.1) is 0 Å². The van der Waals surface area contributed by atoms with E-state index >= 15 is 0 Å². The summed E-state index contributed by atoms with van der Waals surface area (Å²) in [5, 5.41) is 8.41. The van der Waals surface area contributed by atoms with Crippen LogP contribution in [0.5, 0.6) is 0 Å². The molecule has 0 aliphatic heterocycles. The lowest BCUT2D eigenvalue weighted by molar-refractivity contribution is 0.0690. The normalized spacial score (nSPS) is 10.6. The molecule has 0 spiro atoms. The molecule has 5 heteroatoms. The molecule has 0 saturated heterocycles. The van der Waals surface area contributed by atoms with Crippen LogP contribution >= 0.6 is 15.9 Å². The Morgan fingerprint density at radius 3 is 3.00 bits per heavy atom. The highest BCUT2D eigenvalue weighted by atomic mass is 79.9. The van der Waals surface area contributed by atoms with Crippen LogP contribution in [0.4, 0.5) is 0 Å². The third kappa shape index (κ3) is 1.91. The highest BCUT2D eigenvalue weighted by Crippen LogP contribution is 2.04. The first-order valence-corrected chi connectivity index (χ1v) is 3.61. The topological polar surface area (TPSA) is 63.3 Å². The van der Waals surface area contributed by atoms with Crippen molar-refractivity contribution in [2.45, 2.75) is 0 Å². The summed E-state index contributed by atoms with van der Waals surface area (Å²) in [7, 11) is 0. The van der Waals surface area contributed by atoms with E-state index in [0.717, 1.165) is 6.26 Å². The van der Waals surface area contributed by atoms with Gasteiger partial charge in [-0.1, -0.05) is 15.9 Å². The lowest BCUT2D eigenvalue weighted by Gasteiger charge is -1.78. The standard InChI is InChI=1S/C6H4BrNO3/c7-2-1-5-8-4(3-11-5)6(9)10/h1-3H,(H,9,10)/b2-1-. The molecule has 11 heavy (non-hydrogen) atoms. The quantitative estimate of drug-likeness (QED) is 0.820. The van der Waals surface area contributed by atoms with Crippen molar-refractivity contribution in [3.8, 4) is 0 Å². The van der Waals surface area contributed by atoms with Gasteiger partial charge in [-0.25, -0.2) is 9.78 Å². The largest absolute Gasteiger partial charge is 0.476 e. The number of aromatic nitrogens is 1. The highest BCUT2D eigenvalue weighted by molar-refractivity contribution is 9.11. The van der Waals surface area contributed by atoms with E-state index in [4.69, 9.17) is 9.52 Å². The van der Waals surface area contributed by atoms with Gasteiger partial charge in [-0.2, -0.15) is 0 Å². The zero-order chi connectivity index (χ0) is 8.27. The Kier molecular flexibility index (Phi) is 2.43. The summed E-state index contributed by atoms with van der Waals surface area (Å²) in [5.74, 6) is -0.831. The Balaban J connectivity index is 2.90. The van der Waals surface area contributed by atoms with Crippen molar-refractivity contribution in [1.29, 1.82) is 0 Å². The van der Waals surface area contributed by atoms with E-state index in [2.05, 4.69) is 20.9 Å². The number of hydrogen-bond donors (Lipinski definition) is 1. The maximum absolute atomic E-state index is 10.3. The molecule has 1 rings (SSSR count). The molecule has 1 N–H and O–H groups in total. The Hall–Kier alpha value is -1.10. The Bertz CT molecular complexity index is 292. The molecule has 58 valence electrons. The number of oxazole rings is 1. The average Bonchev–Trinajstić information content (AvgIpc) is 2.37. The number of carbonyl (C=O) groups is 1. The van der Waals surface area contributed by atoms with Gasteiger partial charge in [0.1, 0.15) is 6.26 Å². The van der Waals surface area contributed by atoms with Crippen LogP contribution in [-0.4, -0.2) is 16.1 Å². The maximum atomic E-state index is 10.3. The molecule has 0 radical (unpaired) electrons. The molecule has 1 aromatic rings. The number of carboxylic acid groups (broad SMARTS) is 1. The minimum Gasteiger partial charge on any atom is -0.476 e. The second-order valence-electron chi connectivity index (χ2n) is 1.67. The Labute approximate surface area is 70.7 Å². The number of nitrogens with zero attached hydrogens (tertiary/aromatic N) is 1. The summed E-state index contributed by atoms with van der Waals surface area (Å²) in [5.41, 5.74) is -0.0920. The van der Waals surface area contributed by atoms with Gasteiger partial charge in [0.25, 0.3) is 0 Å². The molecule has 0 saturated carbocycles. The van der Waals surface area contributed by atoms with Crippen molar-refractivity contribution in [1.82, 2.24) is 4.98 Å². The molecule has 0 atom stereocenters. The van der Waals surface area contributed by atoms with Crippen molar-refractivity contribution in [3.63, 3.8) is 0 Å². The predicted octanol–water partition coefficient (Wildman–Crippen LogP) is 1.74. The first kappa shape index (κ1) is 8.00. The molecule has 0 aromatic carbocycles. The molecule has 0 aliphatic rings. The molecular formula is C6H4BrNO3. The van der Waals surface area contributed by atoms with E-state index in [9.17, 15) is 4.79 Å². The summed E-state index contributed by atoms with van der Waals surface area (Å²) in [4.78, 5) is 15.4. The number of carboxylic acids is 1. The maximum Gasteiger partial charge on any atom is 0.357 e. The third-order valence-electron chi connectivity index (χ3n) is 0.947. The summed E-state index contributed by atoms with van der Waals surface area (Å²) >= 11 is 3.00. The fourth-order valence-corrected chi connectivity index (χ4v) is 0.742. The fourth-order valence-electron chi connectivity index (χ4n) is 0.516. The van der Waals surface area contributed by atoms with Gasteiger partial charge < -0.3 is 9.52 Å². The fraction of sp³-hybridized carbons (Fsp3) is 0. The van der Waals surface area contributed by atoms with E-state index in [1.54, 1.807) is 0 Å². The van der Waals surface area contributed by atoms with E-state index in [1.165, 1.54) is 11.1 Å². The molecule has 0 fully saturated rings. The first-order valence-electron chi connectivity index (χ1n) is 2.69. The number of halogens is 1. The van der Waals surface area contributed by atoms with Crippen LogP contribution < -0.4 is 0 Å². The van der Waals surface area contributed by atoms with Crippen LogP contribution in [-0.2, 0) is 0 Å². The summed E-state index contributed by atoms with van der Waals surface area (Å²) in [6, 6.07) is 0. The van der Waals surface area contributed by atoms with Crippen LogP contribution in [0.2, 0.25) is 0 Å². The summed E-state index contributed by atoms with van der Waals surface area (Å²) < 4.78 is 4.76. The van der Waals surface area contributed by atoms with Gasteiger partial charge in [0, 0.05) is 6.08 Å². The Morgan fingerprint density at radius 1 is 1.82 bits per heavy atom. The number of hydrogen-bond acceptors (Lipinski definition) is 3. The van der Waals surface area contributed by atoms with Gasteiger partial charge in [-0.3, -0.25) is 0 Å². The average molecular weight is 218 g/mol. The number of aromatic carboxylic acids is 1. The minimum atomic E-state index is -1.09. The third-order valence-corrected chi connectivity index (χ3v) is 1.21. The monoisotopic (exact) mass is 217 g/mol. The van der Waals surface area contributed by atoms with Gasteiger partial charge in [-0.05, 0) is 4.99 Å². The van der Waals surface area contributed by atoms with Gasteiger partial charge in [0.15, 0.2) is 5.69 Å². The van der Waals surface area contributed by atoms with Crippen molar-refractivity contribution in [2.75, 3.05) is 0 Å². The van der Waals surface area contributed by atoms with Crippen LogP contribution in [0.3, 0.4) is 0 Å². The lowest BCUT2D eigenvalue weighted by Crippen LogP contribution is -1.95.